The Morgan fingerprint density at radius 1 is 1.22 bits per heavy atom. The summed E-state index contributed by atoms with van der Waals surface area (Å²) in [5, 5.41) is 12.8. The van der Waals surface area contributed by atoms with E-state index in [0.29, 0.717) is 12.0 Å². The second kappa shape index (κ2) is 10.1. The number of nitrogens with one attached hydrogen (secondary N) is 1. The fourth-order valence-electron chi connectivity index (χ4n) is 4.47. The van der Waals surface area contributed by atoms with Crippen LogP contribution in [0.4, 0.5) is 13.2 Å². The molecule has 0 radical (unpaired) electrons. The summed E-state index contributed by atoms with van der Waals surface area (Å²) < 4.78 is 38.7. The molecular formula is C21H37F3N2O. The molecule has 158 valence electrons. The molecule has 0 aromatic carbocycles. The minimum Gasteiger partial charge on any atom is -0.396 e. The molecule has 5 atom stereocenters. The van der Waals surface area contributed by atoms with E-state index in [1.807, 2.05) is 0 Å². The average molecular weight is 391 g/mol. The first kappa shape index (κ1) is 22.5. The minimum absolute atomic E-state index is 0.0987. The maximum absolute atomic E-state index is 12.9. The predicted molar refractivity (Wildman–Crippen MR) is 103 cm³/mol. The smallest absolute Gasteiger partial charge is 0.394 e. The number of allylic oxidation sites excluding steroid dienone is 1. The van der Waals surface area contributed by atoms with Crippen LogP contribution >= 0.6 is 0 Å². The van der Waals surface area contributed by atoms with Gasteiger partial charge in [0, 0.05) is 24.8 Å². The van der Waals surface area contributed by atoms with Crippen molar-refractivity contribution in [1.29, 1.82) is 0 Å². The maximum Gasteiger partial charge on any atom is 0.394 e. The number of likely N-dealkylation sites (tertiary alicyclic amines) is 1. The molecule has 1 aliphatic carbocycles. The van der Waals surface area contributed by atoms with E-state index in [0.717, 1.165) is 37.7 Å². The van der Waals surface area contributed by atoms with E-state index in [9.17, 15) is 13.2 Å². The third-order valence-electron chi connectivity index (χ3n) is 6.53. The lowest BCUT2D eigenvalue weighted by Gasteiger charge is -2.29. The third kappa shape index (κ3) is 6.97. The molecule has 2 aliphatic rings. The zero-order valence-corrected chi connectivity index (χ0v) is 16.9. The first-order valence-corrected chi connectivity index (χ1v) is 10.5. The average Bonchev–Trinajstić information content (AvgIpc) is 2.98. The molecule has 1 aliphatic heterocycles. The van der Waals surface area contributed by atoms with E-state index in [2.05, 4.69) is 23.7 Å². The summed E-state index contributed by atoms with van der Waals surface area (Å²) in [4.78, 5) is 2.15. The zero-order chi connectivity index (χ0) is 20.0. The molecule has 0 amide bonds. The van der Waals surface area contributed by atoms with Crippen molar-refractivity contribution in [2.75, 3.05) is 26.2 Å². The standard InChI is InChI=1S/C21H37F3N2O/c1-15-5-4-6-20(8-7-15)25-12-18-9-10-26(13-18)17(3)16(2)11-19(14-27)21(22,23)24/h15-16,18-20,25,27H,3-14H2,1-2H3. The summed E-state index contributed by atoms with van der Waals surface area (Å²) in [5.74, 6) is -0.574. The molecule has 1 saturated carbocycles. The summed E-state index contributed by atoms with van der Waals surface area (Å²) in [6.07, 6.45) is 3.05. The van der Waals surface area contributed by atoms with Gasteiger partial charge in [-0.25, -0.2) is 0 Å². The highest BCUT2D eigenvalue weighted by Crippen LogP contribution is 2.34. The molecule has 0 spiro atoms. The van der Waals surface area contributed by atoms with Crippen LogP contribution in [0, 0.1) is 23.7 Å². The molecule has 5 unspecified atom stereocenters. The van der Waals surface area contributed by atoms with E-state index in [1.165, 1.54) is 32.1 Å². The molecule has 3 nitrogen and oxygen atoms in total. The van der Waals surface area contributed by atoms with Crippen LogP contribution in [0.15, 0.2) is 12.3 Å². The van der Waals surface area contributed by atoms with Crippen molar-refractivity contribution >= 4 is 0 Å². The number of halogens is 3. The molecule has 2 rings (SSSR count). The van der Waals surface area contributed by atoms with Gasteiger partial charge in [0.1, 0.15) is 0 Å². The largest absolute Gasteiger partial charge is 0.396 e. The maximum atomic E-state index is 12.9. The van der Waals surface area contributed by atoms with Crippen LogP contribution in [-0.4, -0.2) is 48.5 Å². The fourth-order valence-corrected chi connectivity index (χ4v) is 4.47. The number of alkyl halides is 3. The van der Waals surface area contributed by atoms with Crippen molar-refractivity contribution in [2.45, 2.75) is 71.0 Å². The van der Waals surface area contributed by atoms with Gasteiger partial charge < -0.3 is 15.3 Å². The van der Waals surface area contributed by atoms with E-state index in [1.54, 1.807) is 6.92 Å². The number of aliphatic hydroxyl groups excluding tert-OH is 1. The van der Waals surface area contributed by atoms with Crippen molar-refractivity contribution in [3.8, 4) is 0 Å². The van der Waals surface area contributed by atoms with Crippen molar-refractivity contribution in [3.05, 3.63) is 12.3 Å². The van der Waals surface area contributed by atoms with Crippen molar-refractivity contribution in [1.82, 2.24) is 10.2 Å². The Balaban J connectivity index is 1.75. The second-order valence-electron chi connectivity index (χ2n) is 8.87. The van der Waals surface area contributed by atoms with Gasteiger partial charge in [-0.2, -0.15) is 13.2 Å². The van der Waals surface area contributed by atoms with E-state index in [4.69, 9.17) is 5.11 Å². The molecule has 2 N–H and O–H groups in total. The molecular weight excluding hydrogens is 353 g/mol. The number of nitrogens with zero attached hydrogens (tertiary/aromatic N) is 1. The van der Waals surface area contributed by atoms with E-state index >= 15 is 0 Å². The molecule has 0 aromatic rings. The third-order valence-corrected chi connectivity index (χ3v) is 6.53. The Morgan fingerprint density at radius 3 is 2.63 bits per heavy atom. The van der Waals surface area contributed by atoms with Crippen LogP contribution in [0.25, 0.3) is 0 Å². The first-order valence-electron chi connectivity index (χ1n) is 10.5. The lowest BCUT2D eigenvalue weighted by molar-refractivity contribution is -0.187. The summed E-state index contributed by atoms with van der Waals surface area (Å²) >= 11 is 0. The van der Waals surface area contributed by atoms with Crippen LogP contribution in [0.3, 0.4) is 0 Å². The SMILES string of the molecule is C=C(C(C)CC(CO)C(F)(F)F)N1CCC(CNC2CCCC(C)CC2)C1. The minimum atomic E-state index is -4.35. The topological polar surface area (TPSA) is 35.5 Å². The highest BCUT2D eigenvalue weighted by molar-refractivity contribution is 5.02. The highest BCUT2D eigenvalue weighted by atomic mass is 19.4. The normalized spacial score (nSPS) is 29.4. The number of hydrogen-bond donors (Lipinski definition) is 2. The summed E-state index contributed by atoms with van der Waals surface area (Å²) in [6, 6.07) is 0.614. The van der Waals surface area contributed by atoms with Gasteiger partial charge in [0.05, 0.1) is 12.5 Å². The summed E-state index contributed by atoms with van der Waals surface area (Å²) in [6.45, 7) is 10.1. The Morgan fingerprint density at radius 2 is 1.96 bits per heavy atom. The van der Waals surface area contributed by atoms with Crippen LogP contribution in [-0.2, 0) is 0 Å². The lowest BCUT2D eigenvalue weighted by atomic mass is 9.93. The Labute approximate surface area is 162 Å². The van der Waals surface area contributed by atoms with Crippen molar-refractivity contribution in [3.63, 3.8) is 0 Å². The van der Waals surface area contributed by atoms with Gasteiger partial charge in [0.2, 0.25) is 0 Å². The zero-order valence-electron chi connectivity index (χ0n) is 16.9. The first-order chi connectivity index (χ1) is 12.7. The molecule has 1 saturated heterocycles. The summed E-state index contributed by atoms with van der Waals surface area (Å²) in [7, 11) is 0. The molecule has 27 heavy (non-hydrogen) atoms. The lowest BCUT2D eigenvalue weighted by Crippen LogP contribution is -2.34. The van der Waals surface area contributed by atoms with Crippen LogP contribution in [0.2, 0.25) is 0 Å². The number of hydrogen-bond acceptors (Lipinski definition) is 3. The Kier molecular flexibility index (Phi) is 8.47. The second-order valence-corrected chi connectivity index (χ2v) is 8.87. The van der Waals surface area contributed by atoms with Gasteiger partial charge >= 0.3 is 6.18 Å². The molecule has 0 bridgehead atoms. The Hall–Kier alpha value is -0.750. The van der Waals surface area contributed by atoms with Crippen molar-refractivity contribution < 1.29 is 18.3 Å². The molecule has 2 fully saturated rings. The predicted octanol–water partition coefficient (Wildman–Crippen LogP) is 4.58. The summed E-state index contributed by atoms with van der Waals surface area (Å²) in [5.41, 5.74) is 0.781. The monoisotopic (exact) mass is 390 g/mol. The van der Waals surface area contributed by atoms with Gasteiger partial charge in [-0.15, -0.1) is 0 Å². The molecule has 0 aromatic heterocycles. The van der Waals surface area contributed by atoms with E-state index < -0.39 is 18.7 Å². The van der Waals surface area contributed by atoms with Crippen LogP contribution < -0.4 is 5.32 Å². The van der Waals surface area contributed by atoms with Gasteiger partial charge in [-0.1, -0.05) is 33.3 Å². The van der Waals surface area contributed by atoms with Crippen LogP contribution in [0.5, 0.6) is 0 Å². The van der Waals surface area contributed by atoms with Gasteiger partial charge in [0.15, 0.2) is 0 Å². The quantitative estimate of drug-likeness (QED) is 0.596. The molecule has 1 heterocycles. The number of rotatable bonds is 8. The highest BCUT2D eigenvalue weighted by Gasteiger charge is 2.40. The van der Waals surface area contributed by atoms with Crippen LogP contribution in [0.1, 0.15) is 58.8 Å². The van der Waals surface area contributed by atoms with E-state index in [-0.39, 0.29) is 12.3 Å². The van der Waals surface area contributed by atoms with Gasteiger partial charge in [-0.3, -0.25) is 0 Å². The Bertz CT molecular complexity index is 469. The van der Waals surface area contributed by atoms with Gasteiger partial charge in [0.25, 0.3) is 0 Å². The molecule has 6 heteroatoms. The van der Waals surface area contributed by atoms with Gasteiger partial charge in [-0.05, 0) is 56.4 Å². The van der Waals surface area contributed by atoms with Crippen molar-refractivity contribution in [2.24, 2.45) is 23.7 Å². The number of aliphatic hydroxyl groups is 1. The fraction of sp³-hybridized carbons (Fsp3) is 0.905.